The van der Waals surface area contributed by atoms with Crippen LogP contribution in [0, 0.1) is 5.92 Å². The van der Waals surface area contributed by atoms with Gasteiger partial charge in [0.15, 0.2) is 11.5 Å². The van der Waals surface area contributed by atoms with Gasteiger partial charge < -0.3 is 14.8 Å². The molecule has 1 aliphatic rings. The predicted octanol–water partition coefficient (Wildman–Crippen LogP) is 2.23. The van der Waals surface area contributed by atoms with E-state index in [2.05, 4.69) is 27.3 Å². The van der Waals surface area contributed by atoms with Crippen molar-refractivity contribution in [3.8, 4) is 11.5 Å². The lowest BCUT2D eigenvalue weighted by Crippen LogP contribution is -2.43. The van der Waals surface area contributed by atoms with E-state index in [-0.39, 0.29) is 0 Å². The minimum absolute atomic E-state index is 0.716. The summed E-state index contributed by atoms with van der Waals surface area (Å²) in [6.07, 6.45) is 1.03. The quantitative estimate of drug-likeness (QED) is 0.920. The molecule has 1 aromatic rings. The Morgan fingerprint density at radius 3 is 2.56 bits per heavy atom. The molecular formula is C12H16BrNO2. The summed E-state index contributed by atoms with van der Waals surface area (Å²) in [5.74, 6) is 2.37. The lowest BCUT2D eigenvalue weighted by molar-refractivity contribution is 0.327. The van der Waals surface area contributed by atoms with Crippen molar-refractivity contribution in [1.29, 1.82) is 0 Å². The molecule has 88 valence electrons. The van der Waals surface area contributed by atoms with E-state index in [1.165, 1.54) is 5.56 Å². The summed E-state index contributed by atoms with van der Waals surface area (Å²) in [6, 6.07) is 4.04. The van der Waals surface area contributed by atoms with Gasteiger partial charge in [0.2, 0.25) is 0 Å². The first kappa shape index (κ1) is 11.7. The molecular weight excluding hydrogens is 270 g/mol. The molecule has 2 rings (SSSR count). The third-order valence-electron chi connectivity index (χ3n) is 2.90. The number of nitrogens with one attached hydrogen (secondary N) is 1. The maximum Gasteiger partial charge on any atom is 0.163 e. The van der Waals surface area contributed by atoms with Crippen LogP contribution >= 0.6 is 15.9 Å². The lowest BCUT2D eigenvalue weighted by atomic mass is 9.94. The second kappa shape index (κ2) is 5.06. The molecule has 1 saturated heterocycles. The number of hydrogen-bond acceptors (Lipinski definition) is 3. The van der Waals surface area contributed by atoms with Crippen molar-refractivity contribution in [3.05, 3.63) is 22.2 Å². The molecule has 0 saturated carbocycles. The molecule has 0 unspecified atom stereocenters. The average molecular weight is 286 g/mol. The summed E-state index contributed by atoms with van der Waals surface area (Å²) < 4.78 is 11.8. The van der Waals surface area contributed by atoms with E-state index in [9.17, 15) is 0 Å². The third-order valence-corrected chi connectivity index (χ3v) is 3.35. The van der Waals surface area contributed by atoms with Crippen LogP contribution in [0.15, 0.2) is 16.6 Å². The highest BCUT2D eigenvalue weighted by molar-refractivity contribution is 9.10. The smallest absolute Gasteiger partial charge is 0.163 e. The normalized spacial score (nSPS) is 15.7. The van der Waals surface area contributed by atoms with E-state index in [0.717, 1.165) is 35.5 Å². The molecule has 0 spiro atoms. The molecule has 0 radical (unpaired) electrons. The van der Waals surface area contributed by atoms with Gasteiger partial charge in [-0.05, 0) is 43.1 Å². The number of rotatable bonds is 4. The number of benzene rings is 1. The average Bonchev–Trinajstić information content (AvgIpc) is 2.22. The van der Waals surface area contributed by atoms with Crippen LogP contribution in [-0.2, 0) is 6.42 Å². The molecule has 1 fully saturated rings. The molecule has 0 aromatic heterocycles. The molecule has 0 amide bonds. The van der Waals surface area contributed by atoms with E-state index in [0.29, 0.717) is 5.92 Å². The van der Waals surface area contributed by atoms with Gasteiger partial charge in [-0.2, -0.15) is 0 Å². The van der Waals surface area contributed by atoms with Gasteiger partial charge in [-0.1, -0.05) is 15.9 Å². The second-order valence-corrected chi connectivity index (χ2v) is 4.94. The fourth-order valence-corrected chi connectivity index (χ4v) is 2.45. The molecule has 3 nitrogen and oxygen atoms in total. The van der Waals surface area contributed by atoms with Crippen LogP contribution in [0.3, 0.4) is 0 Å². The number of halogens is 1. The van der Waals surface area contributed by atoms with Crippen LogP contribution in [0.4, 0.5) is 0 Å². The van der Waals surface area contributed by atoms with Gasteiger partial charge in [-0.3, -0.25) is 0 Å². The van der Waals surface area contributed by atoms with Gasteiger partial charge in [-0.15, -0.1) is 0 Å². The van der Waals surface area contributed by atoms with Gasteiger partial charge in [0, 0.05) is 4.47 Å². The number of methoxy groups -OCH3 is 2. The van der Waals surface area contributed by atoms with Crippen molar-refractivity contribution in [2.24, 2.45) is 5.92 Å². The first-order chi connectivity index (χ1) is 7.74. The molecule has 1 N–H and O–H groups in total. The SMILES string of the molecule is COc1cc(Br)cc(CC2CNC2)c1OC. The highest BCUT2D eigenvalue weighted by Crippen LogP contribution is 2.36. The van der Waals surface area contributed by atoms with Crippen LogP contribution in [0.5, 0.6) is 11.5 Å². The molecule has 0 atom stereocenters. The van der Waals surface area contributed by atoms with Crippen LogP contribution in [0.2, 0.25) is 0 Å². The second-order valence-electron chi connectivity index (χ2n) is 4.03. The highest BCUT2D eigenvalue weighted by atomic mass is 79.9. The lowest BCUT2D eigenvalue weighted by Gasteiger charge is -2.28. The summed E-state index contributed by atoms with van der Waals surface area (Å²) in [5.41, 5.74) is 1.21. The van der Waals surface area contributed by atoms with E-state index in [1.54, 1.807) is 14.2 Å². The number of ether oxygens (including phenoxy) is 2. The zero-order valence-corrected chi connectivity index (χ0v) is 11.1. The largest absolute Gasteiger partial charge is 0.493 e. The van der Waals surface area contributed by atoms with Gasteiger partial charge in [0.25, 0.3) is 0 Å². The summed E-state index contributed by atoms with van der Waals surface area (Å²) >= 11 is 3.50. The van der Waals surface area contributed by atoms with Crippen molar-refractivity contribution in [2.45, 2.75) is 6.42 Å². The Balaban J connectivity index is 2.28. The first-order valence-corrected chi connectivity index (χ1v) is 6.15. The zero-order valence-electron chi connectivity index (χ0n) is 9.55. The van der Waals surface area contributed by atoms with Gasteiger partial charge in [-0.25, -0.2) is 0 Å². The topological polar surface area (TPSA) is 30.5 Å². The van der Waals surface area contributed by atoms with Crippen LogP contribution in [0.1, 0.15) is 5.56 Å². The third kappa shape index (κ3) is 2.33. The fraction of sp³-hybridized carbons (Fsp3) is 0.500. The fourth-order valence-electron chi connectivity index (χ4n) is 1.96. The Labute approximate surface area is 104 Å². The molecule has 0 aliphatic carbocycles. The highest BCUT2D eigenvalue weighted by Gasteiger charge is 2.20. The molecule has 1 aromatic carbocycles. The van der Waals surface area contributed by atoms with Crippen molar-refractivity contribution >= 4 is 15.9 Å². The Morgan fingerprint density at radius 2 is 2.06 bits per heavy atom. The summed E-state index contributed by atoms with van der Waals surface area (Å²) in [4.78, 5) is 0. The maximum absolute atomic E-state index is 5.43. The van der Waals surface area contributed by atoms with Crippen LogP contribution in [0.25, 0.3) is 0 Å². The predicted molar refractivity (Wildman–Crippen MR) is 67.3 cm³/mol. The van der Waals surface area contributed by atoms with Crippen LogP contribution < -0.4 is 14.8 Å². The molecule has 1 aliphatic heterocycles. The summed E-state index contributed by atoms with van der Waals surface area (Å²) in [6.45, 7) is 2.19. The molecule has 0 bridgehead atoms. The molecule has 1 heterocycles. The van der Waals surface area contributed by atoms with Gasteiger partial charge >= 0.3 is 0 Å². The number of hydrogen-bond donors (Lipinski definition) is 1. The van der Waals surface area contributed by atoms with Crippen molar-refractivity contribution in [3.63, 3.8) is 0 Å². The zero-order chi connectivity index (χ0) is 11.5. The Morgan fingerprint density at radius 1 is 1.31 bits per heavy atom. The van der Waals surface area contributed by atoms with Crippen molar-refractivity contribution in [2.75, 3.05) is 27.3 Å². The first-order valence-electron chi connectivity index (χ1n) is 5.35. The monoisotopic (exact) mass is 285 g/mol. The standard InChI is InChI=1S/C12H16BrNO2/c1-15-11-5-10(13)4-9(12(11)16-2)3-8-6-14-7-8/h4-5,8,14H,3,6-7H2,1-2H3. The Kier molecular flexibility index (Phi) is 3.71. The van der Waals surface area contributed by atoms with Crippen molar-refractivity contribution < 1.29 is 9.47 Å². The van der Waals surface area contributed by atoms with Crippen LogP contribution in [-0.4, -0.2) is 27.3 Å². The Hall–Kier alpha value is -0.740. The van der Waals surface area contributed by atoms with E-state index in [4.69, 9.17) is 9.47 Å². The minimum Gasteiger partial charge on any atom is -0.493 e. The maximum atomic E-state index is 5.43. The van der Waals surface area contributed by atoms with Gasteiger partial charge in [0.05, 0.1) is 14.2 Å². The van der Waals surface area contributed by atoms with Gasteiger partial charge in [0.1, 0.15) is 0 Å². The summed E-state index contributed by atoms with van der Waals surface area (Å²) in [7, 11) is 3.35. The molecule has 4 heteroatoms. The molecule has 16 heavy (non-hydrogen) atoms. The minimum atomic E-state index is 0.716. The Bertz CT molecular complexity index is 378. The van der Waals surface area contributed by atoms with E-state index < -0.39 is 0 Å². The van der Waals surface area contributed by atoms with E-state index >= 15 is 0 Å². The summed E-state index contributed by atoms with van der Waals surface area (Å²) in [5, 5.41) is 3.28. The van der Waals surface area contributed by atoms with E-state index in [1.807, 2.05) is 6.07 Å². The van der Waals surface area contributed by atoms with Crippen molar-refractivity contribution in [1.82, 2.24) is 5.32 Å².